The number of carbonyl (C=O) groups excluding carboxylic acids is 1. The lowest BCUT2D eigenvalue weighted by Crippen LogP contribution is -2.33. The number of hydrogen-bond donors (Lipinski definition) is 1. The topological polar surface area (TPSA) is 39.3 Å². The van der Waals surface area contributed by atoms with Gasteiger partial charge in [0.15, 0.2) is 0 Å². The number of likely N-dealkylation sites (tertiary alicyclic amines) is 1. The van der Waals surface area contributed by atoms with Crippen molar-refractivity contribution in [2.75, 3.05) is 32.9 Å². The van der Waals surface area contributed by atoms with E-state index in [0.29, 0.717) is 6.04 Å². The van der Waals surface area contributed by atoms with Crippen LogP contribution in [-0.2, 0) is 12.2 Å². The van der Waals surface area contributed by atoms with Crippen LogP contribution in [-0.4, -0.2) is 59.7 Å². The molecule has 0 radical (unpaired) electrons. The standard InChI is InChI=1S/C20H27N3OS/c1-22(2)15-4-3-9-23(10-7-15)20(24)14-5-6-18-16(12-14)17-13-25-11-8-19(17)21-18/h5-6,12,15,21H,3-4,7-11,13H2,1-2H3. The molecule has 1 N–H and O–H groups in total. The van der Waals surface area contributed by atoms with Gasteiger partial charge in [-0.05, 0) is 69.3 Å². The molecule has 0 bridgehead atoms. The number of carbonyl (C=O) groups is 1. The number of fused-ring (bicyclic) bond motifs is 3. The smallest absolute Gasteiger partial charge is 0.253 e. The Kier molecular flexibility index (Phi) is 4.78. The molecule has 2 aliphatic heterocycles. The Hall–Kier alpha value is -1.46. The fraction of sp³-hybridized carbons (Fsp3) is 0.550. The van der Waals surface area contributed by atoms with Gasteiger partial charge in [0.05, 0.1) is 0 Å². The van der Waals surface area contributed by atoms with E-state index in [4.69, 9.17) is 0 Å². The Morgan fingerprint density at radius 1 is 1.28 bits per heavy atom. The van der Waals surface area contributed by atoms with Crippen molar-refractivity contribution in [1.82, 2.24) is 14.8 Å². The van der Waals surface area contributed by atoms with Crippen molar-refractivity contribution < 1.29 is 4.79 Å². The first-order valence-electron chi connectivity index (χ1n) is 9.30. The van der Waals surface area contributed by atoms with Crippen LogP contribution in [0.3, 0.4) is 0 Å². The second-order valence-electron chi connectivity index (χ2n) is 7.49. The van der Waals surface area contributed by atoms with Crippen molar-refractivity contribution in [1.29, 1.82) is 0 Å². The van der Waals surface area contributed by atoms with Gasteiger partial charge in [0.2, 0.25) is 0 Å². The zero-order valence-electron chi connectivity index (χ0n) is 15.2. The molecule has 3 heterocycles. The molecule has 1 amide bonds. The summed E-state index contributed by atoms with van der Waals surface area (Å²) in [6.45, 7) is 1.74. The highest BCUT2D eigenvalue weighted by Crippen LogP contribution is 2.32. The lowest BCUT2D eigenvalue weighted by atomic mass is 10.1. The van der Waals surface area contributed by atoms with Crippen LogP contribution in [0.25, 0.3) is 10.9 Å². The molecular formula is C20H27N3OS. The van der Waals surface area contributed by atoms with Gasteiger partial charge in [-0.2, -0.15) is 11.8 Å². The van der Waals surface area contributed by atoms with Crippen LogP contribution in [0, 0.1) is 0 Å². The molecule has 0 saturated carbocycles. The highest BCUT2D eigenvalue weighted by molar-refractivity contribution is 7.98. The molecule has 1 aromatic heterocycles. The number of H-pyrrole nitrogens is 1. The Morgan fingerprint density at radius 3 is 3.00 bits per heavy atom. The number of amides is 1. The average Bonchev–Trinajstić information content (AvgIpc) is 2.81. The molecule has 134 valence electrons. The zero-order valence-corrected chi connectivity index (χ0v) is 16.0. The molecule has 4 rings (SSSR count). The van der Waals surface area contributed by atoms with Crippen molar-refractivity contribution in [2.45, 2.75) is 37.5 Å². The van der Waals surface area contributed by atoms with Gasteiger partial charge in [0.25, 0.3) is 5.91 Å². The number of benzene rings is 1. The van der Waals surface area contributed by atoms with Crippen LogP contribution in [0.15, 0.2) is 18.2 Å². The second kappa shape index (κ2) is 7.04. The second-order valence-corrected chi connectivity index (χ2v) is 8.59. The van der Waals surface area contributed by atoms with Crippen LogP contribution in [0.4, 0.5) is 0 Å². The number of nitrogens with one attached hydrogen (secondary N) is 1. The molecule has 0 aliphatic carbocycles. The molecule has 2 aromatic rings. The minimum atomic E-state index is 0.194. The number of rotatable bonds is 2. The van der Waals surface area contributed by atoms with Gasteiger partial charge in [0.1, 0.15) is 0 Å². The largest absolute Gasteiger partial charge is 0.358 e. The van der Waals surface area contributed by atoms with Gasteiger partial charge in [-0.15, -0.1) is 0 Å². The van der Waals surface area contributed by atoms with Crippen LogP contribution >= 0.6 is 11.8 Å². The summed E-state index contributed by atoms with van der Waals surface area (Å²) in [6.07, 6.45) is 4.44. The van der Waals surface area contributed by atoms with Gasteiger partial charge < -0.3 is 14.8 Å². The van der Waals surface area contributed by atoms with Gasteiger partial charge in [-0.3, -0.25) is 4.79 Å². The monoisotopic (exact) mass is 357 g/mol. The maximum absolute atomic E-state index is 13.1. The van der Waals surface area contributed by atoms with Crippen molar-refractivity contribution in [3.8, 4) is 0 Å². The number of aryl methyl sites for hydroxylation is 1. The van der Waals surface area contributed by atoms with Crippen molar-refractivity contribution >= 4 is 28.6 Å². The molecular weight excluding hydrogens is 330 g/mol. The predicted molar refractivity (Wildman–Crippen MR) is 105 cm³/mol. The summed E-state index contributed by atoms with van der Waals surface area (Å²) in [5.41, 5.74) is 4.78. The van der Waals surface area contributed by atoms with Crippen molar-refractivity contribution in [3.63, 3.8) is 0 Å². The number of aromatic nitrogens is 1. The first-order valence-corrected chi connectivity index (χ1v) is 10.5. The van der Waals surface area contributed by atoms with E-state index in [1.165, 1.54) is 34.3 Å². The normalized spacial score (nSPS) is 21.4. The first-order chi connectivity index (χ1) is 12.1. The SMILES string of the molecule is CN(C)C1CCCN(C(=O)c2ccc3[nH]c4c(c3c2)CSCC4)CC1. The Bertz CT molecular complexity index is 783. The zero-order chi connectivity index (χ0) is 17.4. The number of hydrogen-bond acceptors (Lipinski definition) is 3. The Morgan fingerprint density at radius 2 is 2.16 bits per heavy atom. The fourth-order valence-corrected chi connectivity index (χ4v) is 5.17. The van der Waals surface area contributed by atoms with Crippen LogP contribution < -0.4 is 0 Å². The molecule has 4 nitrogen and oxygen atoms in total. The molecule has 5 heteroatoms. The van der Waals surface area contributed by atoms with E-state index in [1.54, 1.807) is 0 Å². The molecule has 2 aliphatic rings. The maximum atomic E-state index is 13.1. The fourth-order valence-electron chi connectivity index (χ4n) is 4.14. The van der Waals surface area contributed by atoms with Crippen LogP contribution in [0.1, 0.15) is 40.9 Å². The highest BCUT2D eigenvalue weighted by atomic mass is 32.2. The molecule has 1 fully saturated rings. The van der Waals surface area contributed by atoms with Crippen LogP contribution in [0.5, 0.6) is 0 Å². The van der Waals surface area contributed by atoms with Gasteiger partial charge in [-0.25, -0.2) is 0 Å². The quantitative estimate of drug-likeness (QED) is 0.894. The van der Waals surface area contributed by atoms with E-state index in [1.807, 2.05) is 17.8 Å². The summed E-state index contributed by atoms with van der Waals surface area (Å²) in [7, 11) is 4.28. The summed E-state index contributed by atoms with van der Waals surface area (Å²) in [6, 6.07) is 6.79. The summed E-state index contributed by atoms with van der Waals surface area (Å²) in [4.78, 5) is 21.0. The maximum Gasteiger partial charge on any atom is 0.253 e. The van der Waals surface area contributed by atoms with Crippen LogP contribution in [0.2, 0.25) is 0 Å². The summed E-state index contributed by atoms with van der Waals surface area (Å²) in [5.74, 6) is 2.44. The van der Waals surface area contributed by atoms with E-state index in [9.17, 15) is 4.79 Å². The lowest BCUT2D eigenvalue weighted by Gasteiger charge is -2.23. The van der Waals surface area contributed by atoms with E-state index in [0.717, 1.165) is 43.7 Å². The molecule has 1 unspecified atom stereocenters. The summed E-state index contributed by atoms with van der Waals surface area (Å²) < 4.78 is 0. The third kappa shape index (κ3) is 3.32. The molecule has 1 atom stereocenters. The number of thioether (sulfide) groups is 1. The molecule has 25 heavy (non-hydrogen) atoms. The number of aromatic amines is 1. The van der Waals surface area contributed by atoms with Crippen molar-refractivity contribution in [2.24, 2.45) is 0 Å². The minimum absolute atomic E-state index is 0.194. The van der Waals surface area contributed by atoms with E-state index in [-0.39, 0.29) is 5.91 Å². The van der Waals surface area contributed by atoms with Gasteiger partial charge in [0, 0.05) is 47.0 Å². The molecule has 0 spiro atoms. The van der Waals surface area contributed by atoms with E-state index < -0.39 is 0 Å². The van der Waals surface area contributed by atoms with Gasteiger partial charge in [-0.1, -0.05) is 0 Å². The third-order valence-corrected chi connectivity index (χ3v) is 6.68. The van der Waals surface area contributed by atoms with Gasteiger partial charge >= 0.3 is 0 Å². The Balaban J connectivity index is 1.57. The lowest BCUT2D eigenvalue weighted by molar-refractivity contribution is 0.0759. The summed E-state index contributed by atoms with van der Waals surface area (Å²) >= 11 is 1.99. The van der Waals surface area contributed by atoms with E-state index in [2.05, 4.69) is 41.0 Å². The number of nitrogens with zero attached hydrogens (tertiary/aromatic N) is 2. The average molecular weight is 358 g/mol. The molecule has 1 aromatic carbocycles. The van der Waals surface area contributed by atoms with E-state index >= 15 is 0 Å². The highest BCUT2D eigenvalue weighted by Gasteiger charge is 2.23. The summed E-state index contributed by atoms with van der Waals surface area (Å²) in [5, 5.41) is 1.24. The Labute approximate surface area is 153 Å². The minimum Gasteiger partial charge on any atom is -0.358 e. The molecule has 1 saturated heterocycles. The van der Waals surface area contributed by atoms with Crippen molar-refractivity contribution in [3.05, 3.63) is 35.0 Å². The predicted octanol–water partition coefficient (Wildman–Crippen LogP) is 3.51. The first kappa shape index (κ1) is 17.0. The third-order valence-electron chi connectivity index (χ3n) is 5.70.